The van der Waals surface area contributed by atoms with E-state index in [9.17, 15) is 0 Å². The molecule has 0 amide bonds. The van der Waals surface area contributed by atoms with Crippen LogP contribution in [0.5, 0.6) is 0 Å². The second-order valence-corrected chi connectivity index (χ2v) is 10.3. The highest BCUT2D eigenvalue weighted by molar-refractivity contribution is 6.30. The number of aryl methyl sites for hydroxylation is 1. The van der Waals surface area contributed by atoms with Crippen LogP contribution in [0.1, 0.15) is 31.4 Å². The van der Waals surface area contributed by atoms with Gasteiger partial charge in [0.15, 0.2) is 5.65 Å². The van der Waals surface area contributed by atoms with Gasteiger partial charge in [-0.3, -0.25) is 0 Å². The van der Waals surface area contributed by atoms with Crippen molar-refractivity contribution in [2.24, 2.45) is 0 Å². The number of hydrogen-bond donors (Lipinski definition) is 1. The molecule has 2 aromatic carbocycles. The minimum atomic E-state index is -0.294. The number of nitrogens with two attached hydrogens (primary N) is 1. The van der Waals surface area contributed by atoms with Gasteiger partial charge in [0, 0.05) is 46.5 Å². The average Bonchev–Trinajstić information content (AvgIpc) is 3.55. The molecule has 2 aliphatic rings. The van der Waals surface area contributed by atoms with Crippen molar-refractivity contribution >= 4 is 28.8 Å². The van der Waals surface area contributed by atoms with Crippen molar-refractivity contribution in [2.75, 3.05) is 36.8 Å². The van der Waals surface area contributed by atoms with Gasteiger partial charge in [-0.2, -0.15) is 9.61 Å². The van der Waals surface area contributed by atoms with Crippen LogP contribution >= 0.6 is 11.6 Å². The van der Waals surface area contributed by atoms with Crippen molar-refractivity contribution < 1.29 is 4.39 Å². The number of anilines is 2. The van der Waals surface area contributed by atoms with Crippen molar-refractivity contribution in [2.45, 2.75) is 38.6 Å². The molecule has 2 N–H and O–H groups in total. The van der Waals surface area contributed by atoms with Crippen LogP contribution in [0.25, 0.3) is 27.9 Å². The minimum absolute atomic E-state index is 0.294. The summed E-state index contributed by atoms with van der Waals surface area (Å²) in [6, 6.07) is 13.5. The van der Waals surface area contributed by atoms with E-state index in [-0.39, 0.29) is 5.82 Å². The van der Waals surface area contributed by atoms with E-state index in [4.69, 9.17) is 22.3 Å². The molecule has 2 aromatic heterocycles. The van der Waals surface area contributed by atoms with Crippen LogP contribution in [0.2, 0.25) is 5.02 Å². The molecule has 36 heavy (non-hydrogen) atoms. The molecular weight excluding hydrogens is 475 g/mol. The Morgan fingerprint density at radius 2 is 1.78 bits per heavy atom. The standard InChI is InChI=1S/C28H30ClFN6/c1-18-26(19-5-4-6-20(29)15-19)27(31)36-28(33-18)24(17-32-36)23-16-22(7-8-25(23)30)35-13-9-21(10-14-35)34-11-2-3-12-34/h4-8,15-17,21H,2-3,9-14,31H2,1H3. The molecule has 0 atom stereocenters. The molecule has 2 saturated heterocycles. The Hall–Kier alpha value is -3.16. The third kappa shape index (κ3) is 4.10. The fourth-order valence-corrected chi connectivity index (χ4v) is 6.03. The van der Waals surface area contributed by atoms with Crippen LogP contribution in [0.15, 0.2) is 48.7 Å². The van der Waals surface area contributed by atoms with E-state index in [2.05, 4.69) is 14.9 Å². The molecule has 4 heterocycles. The lowest BCUT2D eigenvalue weighted by Crippen LogP contribution is -2.43. The minimum Gasteiger partial charge on any atom is -0.383 e. The first-order valence-corrected chi connectivity index (χ1v) is 13.1. The molecule has 0 unspecified atom stereocenters. The van der Waals surface area contributed by atoms with Crippen molar-refractivity contribution in [3.63, 3.8) is 0 Å². The lowest BCUT2D eigenvalue weighted by molar-refractivity contribution is 0.208. The summed E-state index contributed by atoms with van der Waals surface area (Å²) in [7, 11) is 0. The maximum absolute atomic E-state index is 15.1. The second-order valence-electron chi connectivity index (χ2n) is 9.89. The molecule has 0 saturated carbocycles. The van der Waals surface area contributed by atoms with Crippen molar-refractivity contribution in [3.05, 3.63) is 65.2 Å². The topological polar surface area (TPSA) is 62.7 Å². The van der Waals surface area contributed by atoms with Crippen molar-refractivity contribution in [3.8, 4) is 22.3 Å². The van der Waals surface area contributed by atoms with E-state index in [0.29, 0.717) is 33.7 Å². The van der Waals surface area contributed by atoms with Crippen LogP contribution < -0.4 is 10.6 Å². The Balaban J connectivity index is 1.33. The van der Waals surface area contributed by atoms with Gasteiger partial charge in [-0.15, -0.1) is 0 Å². The molecule has 0 bridgehead atoms. The van der Waals surface area contributed by atoms with Gasteiger partial charge in [0.1, 0.15) is 11.6 Å². The number of hydrogen-bond acceptors (Lipinski definition) is 5. The Kier molecular flexibility index (Phi) is 6.05. The summed E-state index contributed by atoms with van der Waals surface area (Å²) in [6.07, 6.45) is 6.58. The number of fused-ring (bicyclic) bond motifs is 1. The van der Waals surface area contributed by atoms with Crippen LogP contribution in [0.4, 0.5) is 15.9 Å². The fourth-order valence-electron chi connectivity index (χ4n) is 5.83. The van der Waals surface area contributed by atoms with Gasteiger partial charge < -0.3 is 15.5 Å². The molecule has 2 aliphatic heterocycles. The van der Waals surface area contributed by atoms with E-state index in [0.717, 1.165) is 48.4 Å². The number of nitrogens with zero attached hydrogens (tertiary/aromatic N) is 5. The normalized spacial score (nSPS) is 17.4. The zero-order chi connectivity index (χ0) is 24.8. The van der Waals surface area contributed by atoms with E-state index in [1.54, 1.807) is 16.8 Å². The number of halogens is 2. The van der Waals surface area contributed by atoms with E-state index in [1.165, 1.54) is 25.9 Å². The quantitative estimate of drug-likeness (QED) is 0.380. The maximum atomic E-state index is 15.1. The summed E-state index contributed by atoms with van der Waals surface area (Å²) in [5, 5.41) is 5.11. The first-order chi connectivity index (χ1) is 17.5. The Bertz CT molecular complexity index is 1420. The molecule has 6 nitrogen and oxygen atoms in total. The third-order valence-corrected chi connectivity index (χ3v) is 7.94. The highest BCUT2D eigenvalue weighted by Gasteiger charge is 2.27. The number of likely N-dealkylation sites (tertiary alicyclic amines) is 1. The summed E-state index contributed by atoms with van der Waals surface area (Å²) in [6.45, 7) is 6.33. The first kappa shape index (κ1) is 23.3. The zero-order valence-corrected chi connectivity index (χ0v) is 21.2. The predicted molar refractivity (Wildman–Crippen MR) is 144 cm³/mol. The van der Waals surface area contributed by atoms with Crippen LogP contribution in [0.3, 0.4) is 0 Å². The summed E-state index contributed by atoms with van der Waals surface area (Å²) < 4.78 is 16.7. The van der Waals surface area contributed by atoms with E-state index >= 15 is 4.39 Å². The number of piperidine rings is 1. The second kappa shape index (κ2) is 9.37. The molecule has 0 spiro atoms. The molecule has 2 fully saturated rings. The zero-order valence-electron chi connectivity index (χ0n) is 20.4. The van der Waals surface area contributed by atoms with Crippen molar-refractivity contribution in [1.29, 1.82) is 0 Å². The molecule has 8 heteroatoms. The first-order valence-electron chi connectivity index (χ1n) is 12.7. The highest BCUT2D eigenvalue weighted by atomic mass is 35.5. The number of nitrogen functional groups attached to an aromatic ring is 1. The lowest BCUT2D eigenvalue weighted by atomic mass is 10.0. The van der Waals surface area contributed by atoms with Gasteiger partial charge in [0.25, 0.3) is 0 Å². The summed E-state index contributed by atoms with van der Waals surface area (Å²) in [5.74, 6) is 0.157. The number of rotatable bonds is 4. The molecule has 186 valence electrons. The largest absolute Gasteiger partial charge is 0.383 e. The summed E-state index contributed by atoms with van der Waals surface area (Å²) >= 11 is 6.21. The summed E-state index contributed by atoms with van der Waals surface area (Å²) in [4.78, 5) is 9.82. The van der Waals surface area contributed by atoms with Gasteiger partial charge in [-0.05, 0) is 81.6 Å². The molecule has 0 aliphatic carbocycles. The lowest BCUT2D eigenvalue weighted by Gasteiger charge is -2.38. The molecule has 6 rings (SSSR count). The Morgan fingerprint density at radius 1 is 1.00 bits per heavy atom. The van der Waals surface area contributed by atoms with Gasteiger partial charge >= 0.3 is 0 Å². The van der Waals surface area contributed by atoms with Crippen molar-refractivity contribution in [1.82, 2.24) is 19.5 Å². The van der Waals surface area contributed by atoms with E-state index in [1.807, 2.05) is 43.3 Å². The van der Waals surface area contributed by atoms with Gasteiger partial charge in [-0.25, -0.2) is 9.37 Å². The van der Waals surface area contributed by atoms with E-state index < -0.39 is 0 Å². The number of aromatic nitrogens is 3. The van der Waals surface area contributed by atoms with Crippen LogP contribution in [0, 0.1) is 12.7 Å². The summed E-state index contributed by atoms with van der Waals surface area (Å²) in [5.41, 5.74) is 11.6. The molecule has 4 aromatic rings. The highest BCUT2D eigenvalue weighted by Crippen LogP contribution is 2.36. The van der Waals surface area contributed by atoms with Crippen LogP contribution in [-0.4, -0.2) is 51.7 Å². The third-order valence-electron chi connectivity index (χ3n) is 7.70. The fraction of sp³-hybridized carbons (Fsp3) is 0.357. The molecule has 0 radical (unpaired) electrons. The maximum Gasteiger partial charge on any atom is 0.165 e. The Labute approximate surface area is 215 Å². The average molecular weight is 505 g/mol. The SMILES string of the molecule is Cc1nc2c(-c3cc(N4CCC(N5CCCC5)CC4)ccc3F)cnn2c(N)c1-c1cccc(Cl)c1. The van der Waals surface area contributed by atoms with Gasteiger partial charge in [0.2, 0.25) is 0 Å². The predicted octanol–water partition coefficient (Wildman–Crippen LogP) is 5.81. The van der Waals surface area contributed by atoms with Crippen LogP contribution in [-0.2, 0) is 0 Å². The number of benzene rings is 2. The molecular formula is C28H30ClFN6. The van der Waals surface area contributed by atoms with Gasteiger partial charge in [-0.1, -0.05) is 23.7 Å². The monoisotopic (exact) mass is 504 g/mol. The van der Waals surface area contributed by atoms with Gasteiger partial charge in [0.05, 0.1) is 11.9 Å². The smallest absolute Gasteiger partial charge is 0.165 e. The Morgan fingerprint density at radius 3 is 2.53 bits per heavy atom.